The Morgan fingerprint density at radius 1 is 1.24 bits per heavy atom. The second-order valence-electron chi connectivity index (χ2n) is 4.84. The standard InChI is InChI=1S/C16H15N3OS/c1-11-6-7-14(17-10-11)19-15(20)8-9-16-18-12-4-2-3-5-13(12)21-16/h2-7,10H,8-9H2,1H3,(H,17,19,20). The minimum atomic E-state index is -0.0365. The summed E-state index contributed by atoms with van der Waals surface area (Å²) in [6, 6.07) is 11.8. The third-order valence-electron chi connectivity index (χ3n) is 3.08. The van der Waals surface area contributed by atoms with Crippen LogP contribution in [0.5, 0.6) is 0 Å². The summed E-state index contributed by atoms with van der Waals surface area (Å²) in [5, 5.41) is 3.79. The van der Waals surface area contributed by atoms with Gasteiger partial charge in [0, 0.05) is 19.0 Å². The molecule has 0 saturated carbocycles. The fourth-order valence-corrected chi connectivity index (χ4v) is 2.96. The van der Waals surface area contributed by atoms with Gasteiger partial charge in [0.25, 0.3) is 0 Å². The number of pyridine rings is 1. The van der Waals surface area contributed by atoms with E-state index in [1.54, 1.807) is 17.5 Å². The van der Waals surface area contributed by atoms with Crippen molar-refractivity contribution in [2.75, 3.05) is 5.32 Å². The lowest BCUT2D eigenvalue weighted by Gasteiger charge is -2.03. The van der Waals surface area contributed by atoms with E-state index in [9.17, 15) is 4.79 Å². The lowest BCUT2D eigenvalue weighted by molar-refractivity contribution is -0.116. The van der Waals surface area contributed by atoms with Crippen molar-refractivity contribution >= 4 is 33.3 Å². The van der Waals surface area contributed by atoms with Gasteiger partial charge in [0.15, 0.2) is 0 Å². The van der Waals surface area contributed by atoms with Gasteiger partial charge in [-0.2, -0.15) is 0 Å². The summed E-state index contributed by atoms with van der Waals surface area (Å²) in [4.78, 5) is 20.6. The molecule has 1 aromatic carbocycles. The van der Waals surface area contributed by atoms with Crippen molar-refractivity contribution in [3.05, 3.63) is 53.2 Å². The Hall–Kier alpha value is -2.27. The highest BCUT2D eigenvalue weighted by atomic mass is 32.1. The van der Waals surface area contributed by atoms with Crippen molar-refractivity contribution in [3.63, 3.8) is 0 Å². The second kappa shape index (κ2) is 6.01. The summed E-state index contributed by atoms with van der Waals surface area (Å²) < 4.78 is 1.16. The molecule has 3 rings (SSSR count). The maximum Gasteiger partial charge on any atom is 0.225 e. The SMILES string of the molecule is Cc1ccc(NC(=O)CCc2nc3ccccc3s2)nc1. The largest absolute Gasteiger partial charge is 0.311 e. The lowest BCUT2D eigenvalue weighted by Crippen LogP contribution is -2.13. The first-order valence-corrected chi connectivity index (χ1v) is 7.59. The van der Waals surface area contributed by atoms with Crippen LogP contribution in [0.4, 0.5) is 5.82 Å². The molecule has 21 heavy (non-hydrogen) atoms. The maximum absolute atomic E-state index is 11.9. The summed E-state index contributed by atoms with van der Waals surface area (Å²) in [5.41, 5.74) is 2.07. The number of thiazole rings is 1. The number of aromatic nitrogens is 2. The number of anilines is 1. The molecule has 2 heterocycles. The molecule has 106 valence electrons. The average Bonchev–Trinajstić information content (AvgIpc) is 2.90. The Morgan fingerprint density at radius 3 is 2.86 bits per heavy atom. The third kappa shape index (κ3) is 3.44. The molecule has 0 radical (unpaired) electrons. The summed E-state index contributed by atoms with van der Waals surface area (Å²) in [6.45, 7) is 1.96. The van der Waals surface area contributed by atoms with Gasteiger partial charge in [-0.3, -0.25) is 4.79 Å². The Labute approximate surface area is 126 Å². The molecule has 0 unspecified atom stereocenters. The topological polar surface area (TPSA) is 54.9 Å². The third-order valence-corrected chi connectivity index (χ3v) is 4.18. The molecule has 1 amide bonds. The zero-order chi connectivity index (χ0) is 14.7. The second-order valence-corrected chi connectivity index (χ2v) is 5.96. The Bertz CT molecular complexity index is 732. The lowest BCUT2D eigenvalue weighted by atomic mass is 10.3. The van der Waals surface area contributed by atoms with Gasteiger partial charge >= 0.3 is 0 Å². The molecule has 0 bridgehead atoms. The predicted octanol–water partition coefficient (Wildman–Crippen LogP) is 3.57. The normalized spacial score (nSPS) is 10.7. The van der Waals surface area contributed by atoms with Gasteiger partial charge in [-0.15, -0.1) is 11.3 Å². The van der Waals surface area contributed by atoms with Crippen molar-refractivity contribution in [1.82, 2.24) is 9.97 Å². The highest BCUT2D eigenvalue weighted by molar-refractivity contribution is 7.18. The Morgan fingerprint density at radius 2 is 2.10 bits per heavy atom. The number of fused-ring (bicyclic) bond motifs is 1. The van der Waals surface area contributed by atoms with E-state index >= 15 is 0 Å². The van der Waals surface area contributed by atoms with Gasteiger partial charge in [0.1, 0.15) is 5.82 Å². The van der Waals surface area contributed by atoms with Gasteiger partial charge < -0.3 is 5.32 Å². The van der Waals surface area contributed by atoms with E-state index in [2.05, 4.69) is 15.3 Å². The van der Waals surface area contributed by atoms with E-state index in [1.165, 1.54) is 0 Å². The minimum absolute atomic E-state index is 0.0365. The number of rotatable bonds is 4. The van der Waals surface area contributed by atoms with Crippen LogP contribution < -0.4 is 5.32 Å². The average molecular weight is 297 g/mol. The van der Waals surface area contributed by atoms with Crippen molar-refractivity contribution in [1.29, 1.82) is 0 Å². The van der Waals surface area contributed by atoms with E-state index < -0.39 is 0 Å². The highest BCUT2D eigenvalue weighted by Crippen LogP contribution is 2.22. The number of hydrogen-bond acceptors (Lipinski definition) is 4. The number of nitrogens with zero attached hydrogens (tertiary/aromatic N) is 2. The molecular weight excluding hydrogens is 282 g/mol. The smallest absolute Gasteiger partial charge is 0.225 e. The maximum atomic E-state index is 11.9. The molecule has 0 saturated heterocycles. The fourth-order valence-electron chi connectivity index (χ4n) is 1.99. The number of nitrogens with one attached hydrogen (secondary N) is 1. The van der Waals surface area contributed by atoms with E-state index in [-0.39, 0.29) is 5.91 Å². The molecule has 0 atom stereocenters. The van der Waals surface area contributed by atoms with Gasteiger partial charge in [-0.25, -0.2) is 9.97 Å². The minimum Gasteiger partial charge on any atom is -0.311 e. The zero-order valence-corrected chi connectivity index (χ0v) is 12.5. The number of hydrogen-bond donors (Lipinski definition) is 1. The van der Waals surface area contributed by atoms with Crippen LogP contribution in [0.1, 0.15) is 17.0 Å². The van der Waals surface area contributed by atoms with Crippen LogP contribution in [-0.4, -0.2) is 15.9 Å². The first-order chi connectivity index (χ1) is 10.2. The Balaban J connectivity index is 1.59. The van der Waals surface area contributed by atoms with Crippen molar-refractivity contribution in [2.45, 2.75) is 19.8 Å². The Kier molecular flexibility index (Phi) is 3.92. The van der Waals surface area contributed by atoms with E-state index in [4.69, 9.17) is 0 Å². The summed E-state index contributed by atoms with van der Waals surface area (Å²) >= 11 is 1.64. The first kappa shape index (κ1) is 13.7. The molecule has 0 aliphatic heterocycles. The highest BCUT2D eigenvalue weighted by Gasteiger charge is 2.07. The van der Waals surface area contributed by atoms with E-state index in [0.29, 0.717) is 18.7 Å². The molecule has 0 spiro atoms. The molecule has 1 N–H and O–H groups in total. The van der Waals surface area contributed by atoms with Gasteiger partial charge in [-0.05, 0) is 30.7 Å². The number of benzene rings is 1. The van der Waals surface area contributed by atoms with Crippen molar-refractivity contribution in [3.8, 4) is 0 Å². The quantitative estimate of drug-likeness (QED) is 0.801. The number of aryl methyl sites for hydroxylation is 2. The molecule has 3 aromatic rings. The number of carbonyl (C=O) groups is 1. The molecule has 0 fully saturated rings. The molecule has 2 aromatic heterocycles. The van der Waals surface area contributed by atoms with Gasteiger partial charge in [-0.1, -0.05) is 18.2 Å². The van der Waals surface area contributed by atoms with E-state index in [1.807, 2.05) is 43.3 Å². The van der Waals surface area contributed by atoms with Crippen LogP contribution in [-0.2, 0) is 11.2 Å². The molecule has 0 aliphatic rings. The summed E-state index contributed by atoms with van der Waals surface area (Å²) in [6.07, 6.45) is 2.80. The molecule has 0 aliphatic carbocycles. The van der Waals surface area contributed by atoms with Crippen molar-refractivity contribution < 1.29 is 4.79 Å². The summed E-state index contributed by atoms with van der Waals surface area (Å²) in [7, 11) is 0. The molecule has 5 heteroatoms. The van der Waals surface area contributed by atoms with Gasteiger partial charge in [0.05, 0.1) is 15.2 Å². The fraction of sp³-hybridized carbons (Fsp3) is 0.188. The number of para-hydroxylation sites is 1. The zero-order valence-electron chi connectivity index (χ0n) is 11.7. The van der Waals surface area contributed by atoms with E-state index in [0.717, 1.165) is 20.8 Å². The molecular formula is C16H15N3OS. The van der Waals surface area contributed by atoms with Crippen LogP contribution >= 0.6 is 11.3 Å². The molecule has 4 nitrogen and oxygen atoms in total. The van der Waals surface area contributed by atoms with Crippen LogP contribution in [0, 0.1) is 6.92 Å². The van der Waals surface area contributed by atoms with Crippen LogP contribution in [0.15, 0.2) is 42.6 Å². The number of carbonyl (C=O) groups excluding carboxylic acids is 1. The van der Waals surface area contributed by atoms with Crippen LogP contribution in [0.2, 0.25) is 0 Å². The first-order valence-electron chi connectivity index (χ1n) is 6.78. The van der Waals surface area contributed by atoms with Gasteiger partial charge in [0.2, 0.25) is 5.91 Å². The van der Waals surface area contributed by atoms with Crippen LogP contribution in [0.25, 0.3) is 10.2 Å². The van der Waals surface area contributed by atoms with Crippen molar-refractivity contribution in [2.24, 2.45) is 0 Å². The monoisotopic (exact) mass is 297 g/mol. The summed E-state index contributed by atoms with van der Waals surface area (Å²) in [5.74, 6) is 0.556. The number of amides is 1. The van der Waals surface area contributed by atoms with Crippen LogP contribution in [0.3, 0.4) is 0 Å². The predicted molar refractivity (Wildman–Crippen MR) is 85.5 cm³/mol.